The van der Waals surface area contributed by atoms with Gasteiger partial charge in [-0.3, -0.25) is 9.59 Å². The third-order valence-corrected chi connectivity index (χ3v) is 6.81. The predicted octanol–water partition coefficient (Wildman–Crippen LogP) is 5.25. The van der Waals surface area contributed by atoms with Gasteiger partial charge >= 0.3 is 0 Å². The number of likely N-dealkylation sites (tertiary alicyclic amines) is 1. The molecule has 36 heavy (non-hydrogen) atoms. The number of nitrogens with one attached hydrogen (secondary N) is 1. The minimum atomic E-state index is -0.363. The Labute approximate surface area is 215 Å². The smallest absolute Gasteiger partial charge is 0.254 e. The van der Waals surface area contributed by atoms with Crippen molar-refractivity contribution in [2.75, 3.05) is 43.9 Å². The van der Waals surface area contributed by atoms with Crippen LogP contribution in [-0.2, 0) is 11.3 Å². The number of anilines is 2. The van der Waals surface area contributed by atoms with Gasteiger partial charge in [-0.25, -0.2) is 4.39 Å². The molecule has 2 amide bonds. The molecule has 2 aromatic carbocycles. The summed E-state index contributed by atoms with van der Waals surface area (Å²) in [7, 11) is 4.27. The molecule has 6 nitrogen and oxygen atoms in total. The van der Waals surface area contributed by atoms with Gasteiger partial charge in [-0.2, -0.15) is 0 Å². The minimum absolute atomic E-state index is 0.0428. The van der Waals surface area contributed by atoms with E-state index < -0.39 is 0 Å². The number of rotatable bonds is 9. The first-order valence-corrected chi connectivity index (χ1v) is 12.9. The van der Waals surface area contributed by atoms with E-state index in [1.54, 1.807) is 0 Å². The molecular weight excluding hydrogens is 455 g/mol. The minimum Gasteiger partial charge on any atom is -0.371 e. The summed E-state index contributed by atoms with van der Waals surface area (Å²) in [5.41, 5.74) is 3.23. The molecule has 0 atom stereocenters. The molecule has 0 spiro atoms. The lowest BCUT2D eigenvalue weighted by molar-refractivity contribution is -0.118. The highest BCUT2D eigenvalue weighted by molar-refractivity contribution is 5.94. The molecule has 1 fully saturated rings. The highest BCUT2D eigenvalue weighted by Gasteiger charge is 2.25. The zero-order chi connectivity index (χ0) is 26.4. The molecular formula is C29H41FN4O2. The maximum Gasteiger partial charge on any atom is 0.254 e. The molecule has 0 unspecified atom stereocenters. The molecule has 3 rings (SSSR count). The molecule has 1 heterocycles. The molecule has 1 aliphatic rings. The summed E-state index contributed by atoms with van der Waals surface area (Å²) < 4.78 is 13.5. The maximum atomic E-state index is 13.5. The van der Waals surface area contributed by atoms with Crippen LogP contribution in [0.1, 0.15) is 56.5 Å². The van der Waals surface area contributed by atoms with Crippen molar-refractivity contribution in [3.63, 3.8) is 0 Å². The fourth-order valence-electron chi connectivity index (χ4n) is 4.64. The van der Waals surface area contributed by atoms with E-state index in [2.05, 4.69) is 49.1 Å². The predicted molar refractivity (Wildman–Crippen MR) is 145 cm³/mol. The SMILES string of the molecule is CC(C)CN(Cc1cc(NC(=O)C(C)C)ccc1N(C)C1CCN(C)CC1)C(=O)c1ccc(F)cc1. The number of nitrogens with zero attached hydrogens (tertiary/aromatic N) is 3. The largest absolute Gasteiger partial charge is 0.371 e. The number of carbonyl (C=O) groups is 2. The number of hydrogen-bond acceptors (Lipinski definition) is 4. The first-order valence-electron chi connectivity index (χ1n) is 12.9. The normalized spacial score (nSPS) is 14.8. The average Bonchev–Trinajstić information content (AvgIpc) is 2.83. The number of benzene rings is 2. The van der Waals surface area contributed by atoms with E-state index in [1.807, 2.05) is 30.9 Å². The summed E-state index contributed by atoms with van der Waals surface area (Å²) in [6, 6.07) is 12.1. The van der Waals surface area contributed by atoms with Gasteiger partial charge in [0, 0.05) is 49.0 Å². The third-order valence-electron chi connectivity index (χ3n) is 6.81. The first kappa shape index (κ1) is 27.7. The molecule has 1 N–H and O–H groups in total. The summed E-state index contributed by atoms with van der Waals surface area (Å²) in [6.45, 7) is 11.0. The average molecular weight is 497 g/mol. The van der Waals surface area contributed by atoms with E-state index in [-0.39, 0.29) is 29.5 Å². The van der Waals surface area contributed by atoms with Crippen LogP contribution < -0.4 is 10.2 Å². The third kappa shape index (κ3) is 7.29. The molecule has 196 valence electrons. The summed E-state index contributed by atoms with van der Waals surface area (Å²) in [5, 5.41) is 3.01. The van der Waals surface area contributed by atoms with Crippen LogP contribution in [0.5, 0.6) is 0 Å². The summed E-state index contributed by atoms with van der Waals surface area (Å²) >= 11 is 0. The second-order valence-corrected chi connectivity index (χ2v) is 10.7. The van der Waals surface area contributed by atoms with Crippen LogP contribution in [0.15, 0.2) is 42.5 Å². The highest BCUT2D eigenvalue weighted by Crippen LogP contribution is 2.30. The van der Waals surface area contributed by atoms with Crippen molar-refractivity contribution in [3.05, 3.63) is 59.4 Å². The van der Waals surface area contributed by atoms with Gasteiger partial charge in [-0.05, 0) is 86.9 Å². The molecule has 0 saturated carbocycles. The summed E-state index contributed by atoms with van der Waals surface area (Å²) in [6.07, 6.45) is 2.14. The van der Waals surface area contributed by atoms with E-state index in [0.717, 1.165) is 42.9 Å². The van der Waals surface area contributed by atoms with Crippen LogP contribution in [0.4, 0.5) is 15.8 Å². The van der Waals surface area contributed by atoms with Gasteiger partial charge in [0.15, 0.2) is 0 Å². The van der Waals surface area contributed by atoms with Crippen LogP contribution >= 0.6 is 0 Å². The fraction of sp³-hybridized carbons (Fsp3) is 0.517. The van der Waals surface area contributed by atoms with Crippen LogP contribution in [0, 0.1) is 17.7 Å². The fourth-order valence-corrected chi connectivity index (χ4v) is 4.64. The van der Waals surface area contributed by atoms with Gasteiger partial charge in [0.2, 0.25) is 5.91 Å². The van der Waals surface area contributed by atoms with Crippen LogP contribution in [0.2, 0.25) is 0 Å². The Bertz CT molecular complexity index is 1030. The molecule has 1 aliphatic heterocycles. The quantitative estimate of drug-likeness (QED) is 0.515. The lowest BCUT2D eigenvalue weighted by Crippen LogP contribution is -2.42. The number of hydrogen-bond donors (Lipinski definition) is 1. The molecule has 1 saturated heterocycles. The van der Waals surface area contributed by atoms with Crippen molar-refractivity contribution in [1.82, 2.24) is 9.80 Å². The van der Waals surface area contributed by atoms with Gasteiger partial charge in [0.1, 0.15) is 5.82 Å². The van der Waals surface area contributed by atoms with Crippen molar-refractivity contribution in [2.24, 2.45) is 11.8 Å². The highest BCUT2D eigenvalue weighted by atomic mass is 19.1. The molecule has 2 aromatic rings. The Balaban J connectivity index is 1.96. The van der Waals surface area contributed by atoms with E-state index in [0.29, 0.717) is 24.7 Å². The number of carbonyl (C=O) groups excluding carboxylic acids is 2. The van der Waals surface area contributed by atoms with E-state index in [4.69, 9.17) is 0 Å². The molecule has 0 bridgehead atoms. The van der Waals surface area contributed by atoms with Crippen molar-refractivity contribution < 1.29 is 14.0 Å². The van der Waals surface area contributed by atoms with Gasteiger partial charge < -0.3 is 20.0 Å². The van der Waals surface area contributed by atoms with E-state index in [1.165, 1.54) is 24.3 Å². The Hall–Kier alpha value is -2.93. The standard InChI is InChI=1S/C29H41FN4O2/c1-20(2)18-34(29(36)22-7-9-24(30)10-8-22)19-23-17-25(31-28(35)21(3)4)11-12-27(23)33(6)26-13-15-32(5)16-14-26/h7-12,17,20-21,26H,13-16,18-19H2,1-6H3,(H,31,35). The number of amides is 2. The Morgan fingerprint density at radius 2 is 1.69 bits per heavy atom. The van der Waals surface area contributed by atoms with E-state index >= 15 is 0 Å². The van der Waals surface area contributed by atoms with Gasteiger partial charge in [-0.15, -0.1) is 0 Å². The number of piperidine rings is 1. The maximum absolute atomic E-state index is 13.5. The summed E-state index contributed by atoms with van der Waals surface area (Å²) in [4.78, 5) is 32.4. The number of halogens is 1. The van der Waals surface area contributed by atoms with Crippen molar-refractivity contribution in [2.45, 2.75) is 53.1 Å². The Morgan fingerprint density at radius 1 is 1.06 bits per heavy atom. The van der Waals surface area contributed by atoms with E-state index in [9.17, 15) is 14.0 Å². The Morgan fingerprint density at radius 3 is 2.28 bits per heavy atom. The monoisotopic (exact) mass is 496 g/mol. The molecule has 0 aromatic heterocycles. The zero-order valence-electron chi connectivity index (χ0n) is 22.6. The Kier molecular flexibility index (Phi) is 9.49. The van der Waals surface area contributed by atoms with Crippen LogP contribution in [-0.4, -0.2) is 61.4 Å². The lowest BCUT2D eigenvalue weighted by Gasteiger charge is -2.38. The second-order valence-electron chi connectivity index (χ2n) is 10.7. The molecule has 0 radical (unpaired) electrons. The van der Waals surface area contributed by atoms with Crippen molar-refractivity contribution >= 4 is 23.2 Å². The second kappa shape index (κ2) is 12.3. The van der Waals surface area contributed by atoms with Crippen molar-refractivity contribution in [1.29, 1.82) is 0 Å². The zero-order valence-corrected chi connectivity index (χ0v) is 22.6. The van der Waals surface area contributed by atoms with Crippen molar-refractivity contribution in [3.8, 4) is 0 Å². The molecule has 0 aliphatic carbocycles. The first-order chi connectivity index (χ1) is 17.0. The van der Waals surface area contributed by atoms with Crippen LogP contribution in [0.25, 0.3) is 0 Å². The topological polar surface area (TPSA) is 55.9 Å². The molecule has 7 heteroatoms. The summed E-state index contributed by atoms with van der Waals surface area (Å²) in [5.74, 6) is -0.412. The van der Waals surface area contributed by atoms with Gasteiger partial charge in [0.05, 0.1) is 0 Å². The van der Waals surface area contributed by atoms with Gasteiger partial charge in [0.25, 0.3) is 5.91 Å². The lowest BCUT2D eigenvalue weighted by atomic mass is 10.0. The van der Waals surface area contributed by atoms with Gasteiger partial charge in [-0.1, -0.05) is 27.7 Å². The van der Waals surface area contributed by atoms with Crippen LogP contribution in [0.3, 0.4) is 0 Å².